The number of hydrogen-bond donors (Lipinski definition) is 2. The quantitative estimate of drug-likeness (QED) is 0.550. The van der Waals surface area contributed by atoms with Gasteiger partial charge < -0.3 is 10.1 Å². The van der Waals surface area contributed by atoms with Gasteiger partial charge in [-0.25, -0.2) is 0 Å². The molecule has 3 nitrogen and oxygen atoms in total. The second-order valence-electron chi connectivity index (χ2n) is 5.14. The molecule has 0 aliphatic carbocycles. The van der Waals surface area contributed by atoms with E-state index < -0.39 is 10.8 Å². The number of carboxylic acid groups (broad SMARTS) is 1. The molecule has 4 heteroatoms. The van der Waals surface area contributed by atoms with Crippen LogP contribution in [0.15, 0.2) is 30.3 Å². The van der Waals surface area contributed by atoms with Crippen molar-refractivity contribution in [1.82, 2.24) is 4.98 Å². The van der Waals surface area contributed by atoms with Crippen LogP contribution in [0.3, 0.4) is 0 Å². The molecule has 108 valence electrons. The molecule has 0 spiro atoms. The maximum absolute atomic E-state index is 10.6. The normalized spacial score (nSPS) is 12.7. The number of carbonyl (C=O) groups is 1. The van der Waals surface area contributed by atoms with Crippen molar-refractivity contribution in [1.29, 1.82) is 0 Å². The highest BCUT2D eigenvalue weighted by Crippen LogP contribution is 2.17. The fourth-order valence-electron chi connectivity index (χ4n) is 2.38. The average Bonchev–Trinajstić information content (AvgIpc) is 2.84. The Labute approximate surface area is 127 Å². The molecule has 2 aromatic rings. The first kappa shape index (κ1) is 15.1. The van der Waals surface area contributed by atoms with Crippen molar-refractivity contribution in [2.24, 2.45) is 0 Å². The third-order valence-electron chi connectivity index (χ3n) is 3.51. The average molecular weight is 338 g/mol. The molecule has 0 radical (unpaired) electrons. The summed E-state index contributed by atoms with van der Waals surface area (Å²) >= 11 is 3.16. The zero-order valence-electron chi connectivity index (χ0n) is 11.4. The molecule has 0 bridgehead atoms. The van der Waals surface area contributed by atoms with Crippen molar-refractivity contribution >= 4 is 32.8 Å². The van der Waals surface area contributed by atoms with E-state index in [1.54, 1.807) is 0 Å². The Bertz CT molecular complexity index is 531. The summed E-state index contributed by atoms with van der Waals surface area (Å²) in [6.45, 7) is 0. The molecule has 20 heavy (non-hydrogen) atoms. The predicted molar refractivity (Wildman–Crippen MR) is 85.4 cm³/mol. The molecule has 1 aromatic carbocycles. The van der Waals surface area contributed by atoms with Gasteiger partial charge in [-0.1, -0.05) is 53.4 Å². The third-order valence-corrected chi connectivity index (χ3v) is 4.36. The smallest absolute Gasteiger partial charge is 0.317 e. The highest BCUT2D eigenvalue weighted by molar-refractivity contribution is 9.10. The van der Waals surface area contributed by atoms with Crippen LogP contribution in [-0.4, -0.2) is 20.9 Å². The van der Waals surface area contributed by atoms with E-state index in [4.69, 9.17) is 5.11 Å². The van der Waals surface area contributed by atoms with E-state index in [2.05, 4.69) is 45.2 Å². The first-order valence-corrected chi connectivity index (χ1v) is 8.02. The molecule has 0 saturated carbocycles. The van der Waals surface area contributed by atoms with Crippen LogP contribution in [0.2, 0.25) is 0 Å². The molecule has 0 aliphatic heterocycles. The zero-order chi connectivity index (χ0) is 14.4. The Morgan fingerprint density at radius 3 is 2.70 bits per heavy atom. The summed E-state index contributed by atoms with van der Waals surface area (Å²) in [6, 6.07) is 10.5. The van der Waals surface area contributed by atoms with Crippen LogP contribution < -0.4 is 0 Å². The van der Waals surface area contributed by atoms with Crippen molar-refractivity contribution in [3.63, 3.8) is 0 Å². The van der Waals surface area contributed by atoms with E-state index in [0.717, 1.165) is 32.1 Å². The first-order valence-electron chi connectivity index (χ1n) is 7.10. The molecule has 2 N–H and O–H groups in total. The molecular formula is C16H20BrNO2. The third kappa shape index (κ3) is 4.37. The number of nitrogens with one attached hydrogen (secondary N) is 1. The van der Waals surface area contributed by atoms with Crippen LogP contribution in [0.1, 0.15) is 37.8 Å². The van der Waals surface area contributed by atoms with Crippen molar-refractivity contribution in [3.8, 4) is 0 Å². The number of rotatable bonds is 8. The lowest BCUT2D eigenvalue weighted by atomic mass is 10.1. The van der Waals surface area contributed by atoms with E-state index in [1.807, 2.05) is 6.07 Å². The van der Waals surface area contributed by atoms with E-state index in [1.165, 1.54) is 16.6 Å². The van der Waals surface area contributed by atoms with Gasteiger partial charge in [0.1, 0.15) is 4.83 Å². The lowest BCUT2D eigenvalue weighted by Gasteiger charge is -2.04. The maximum atomic E-state index is 10.6. The number of alkyl halides is 1. The van der Waals surface area contributed by atoms with Gasteiger partial charge in [-0.2, -0.15) is 0 Å². The number of aryl methyl sites for hydroxylation is 1. The number of hydrogen-bond acceptors (Lipinski definition) is 1. The number of H-pyrrole nitrogens is 1. The van der Waals surface area contributed by atoms with Crippen molar-refractivity contribution < 1.29 is 9.90 Å². The molecule has 1 unspecified atom stereocenters. The van der Waals surface area contributed by atoms with Crippen molar-refractivity contribution in [3.05, 3.63) is 36.0 Å². The predicted octanol–water partition coefficient (Wildman–Crippen LogP) is 4.51. The minimum atomic E-state index is -0.761. The van der Waals surface area contributed by atoms with Gasteiger partial charge in [0, 0.05) is 11.2 Å². The van der Waals surface area contributed by atoms with Crippen LogP contribution in [0, 0.1) is 0 Å². The van der Waals surface area contributed by atoms with Gasteiger partial charge in [-0.05, 0) is 36.8 Å². The molecule has 0 fully saturated rings. The molecule has 1 aromatic heterocycles. The van der Waals surface area contributed by atoms with Crippen LogP contribution in [-0.2, 0) is 11.2 Å². The Morgan fingerprint density at radius 2 is 1.95 bits per heavy atom. The standard InChI is InChI=1S/C16H20BrNO2/c17-14(16(19)20)9-4-2-1-3-8-13-11-12-7-5-6-10-15(12)18-13/h5-7,10-11,14,18H,1-4,8-9H2,(H,19,20). The Hall–Kier alpha value is -1.29. The topological polar surface area (TPSA) is 53.1 Å². The number of fused-ring (bicyclic) bond motifs is 1. The van der Waals surface area contributed by atoms with Gasteiger partial charge in [0.2, 0.25) is 0 Å². The molecule has 0 aliphatic rings. The number of para-hydroxylation sites is 1. The zero-order valence-corrected chi connectivity index (χ0v) is 13.0. The van der Waals surface area contributed by atoms with Gasteiger partial charge in [0.25, 0.3) is 0 Å². The largest absolute Gasteiger partial charge is 0.480 e. The number of aliphatic carboxylic acids is 1. The minimum Gasteiger partial charge on any atom is -0.480 e. The summed E-state index contributed by atoms with van der Waals surface area (Å²) in [6.07, 6.45) is 6.12. The van der Waals surface area contributed by atoms with Crippen molar-refractivity contribution in [2.45, 2.75) is 43.4 Å². The van der Waals surface area contributed by atoms with Crippen LogP contribution >= 0.6 is 15.9 Å². The van der Waals surface area contributed by atoms with Crippen LogP contribution in [0.4, 0.5) is 0 Å². The summed E-state index contributed by atoms with van der Waals surface area (Å²) in [7, 11) is 0. The molecule has 1 heterocycles. The number of aromatic amines is 1. The highest BCUT2D eigenvalue weighted by Gasteiger charge is 2.11. The van der Waals surface area contributed by atoms with Crippen molar-refractivity contribution in [2.75, 3.05) is 0 Å². The van der Waals surface area contributed by atoms with Crippen LogP contribution in [0.25, 0.3) is 10.9 Å². The lowest BCUT2D eigenvalue weighted by Crippen LogP contribution is -2.11. The van der Waals surface area contributed by atoms with Gasteiger partial charge in [-0.15, -0.1) is 0 Å². The summed E-state index contributed by atoms with van der Waals surface area (Å²) in [4.78, 5) is 13.7. The fourth-order valence-corrected chi connectivity index (χ4v) is 2.71. The number of carboxylic acids is 1. The maximum Gasteiger partial charge on any atom is 0.317 e. The molecular weight excluding hydrogens is 318 g/mol. The summed E-state index contributed by atoms with van der Waals surface area (Å²) in [5.74, 6) is -0.761. The van der Waals surface area contributed by atoms with Gasteiger partial charge in [-0.3, -0.25) is 4.79 Å². The van der Waals surface area contributed by atoms with Crippen LogP contribution in [0.5, 0.6) is 0 Å². The summed E-state index contributed by atoms with van der Waals surface area (Å²) in [5, 5.41) is 10.0. The molecule has 0 saturated heterocycles. The van der Waals surface area contributed by atoms with E-state index in [0.29, 0.717) is 6.42 Å². The number of halogens is 1. The van der Waals surface area contributed by atoms with E-state index in [-0.39, 0.29) is 0 Å². The van der Waals surface area contributed by atoms with Gasteiger partial charge in [0.15, 0.2) is 0 Å². The van der Waals surface area contributed by atoms with E-state index >= 15 is 0 Å². The summed E-state index contributed by atoms with van der Waals surface area (Å²) < 4.78 is 0. The van der Waals surface area contributed by atoms with E-state index in [9.17, 15) is 4.79 Å². The van der Waals surface area contributed by atoms with Gasteiger partial charge >= 0.3 is 5.97 Å². The first-order chi connectivity index (χ1) is 9.66. The SMILES string of the molecule is O=C(O)C(Br)CCCCCCc1cc2ccccc2[nH]1. The lowest BCUT2D eigenvalue weighted by molar-refractivity contribution is -0.136. The molecule has 1 atom stereocenters. The molecule has 2 rings (SSSR count). The second-order valence-corrected chi connectivity index (χ2v) is 6.25. The summed E-state index contributed by atoms with van der Waals surface area (Å²) in [5.41, 5.74) is 2.49. The minimum absolute atomic E-state index is 0.392. The number of unbranched alkanes of at least 4 members (excludes halogenated alkanes) is 3. The number of aromatic nitrogens is 1. The Balaban J connectivity index is 1.65. The Kier molecular flexibility index (Phi) is 5.65. The second kappa shape index (κ2) is 7.48. The monoisotopic (exact) mass is 337 g/mol. The number of benzene rings is 1. The Morgan fingerprint density at radius 1 is 1.20 bits per heavy atom. The fraction of sp³-hybridized carbons (Fsp3) is 0.438. The highest BCUT2D eigenvalue weighted by atomic mass is 79.9. The molecule has 0 amide bonds. The van der Waals surface area contributed by atoms with Gasteiger partial charge in [0.05, 0.1) is 0 Å².